The largest absolute Gasteiger partial charge is 0.357 e. The number of hydrogen-bond donors (Lipinski definition) is 2. The Kier molecular flexibility index (Phi) is 8.09. The highest BCUT2D eigenvalue weighted by Crippen LogP contribution is 2.13. The molecule has 0 bridgehead atoms. The van der Waals surface area contributed by atoms with Gasteiger partial charge in [0.2, 0.25) is 0 Å². The van der Waals surface area contributed by atoms with Crippen LogP contribution in [0.4, 0.5) is 5.69 Å². The van der Waals surface area contributed by atoms with Gasteiger partial charge in [-0.1, -0.05) is 12.1 Å². The summed E-state index contributed by atoms with van der Waals surface area (Å²) < 4.78 is 1.68. The number of rotatable bonds is 6. The molecule has 1 aromatic carbocycles. The van der Waals surface area contributed by atoms with Crippen molar-refractivity contribution in [1.29, 1.82) is 0 Å². The van der Waals surface area contributed by atoms with E-state index in [4.69, 9.17) is 0 Å². The number of aliphatic imine (C=N–C) groups is 1. The van der Waals surface area contributed by atoms with E-state index in [0.29, 0.717) is 25.6 Å². The molecule has 0 unspecified atom stereocenters. The van der Waals surface area contributed by atoms with Crippen LogP contribution in [0, 0.1) is 10.1 Å². The zero-order valence-corrected chi connectivity index (χ0v) is 15.8. The third-order valence-corrected chi connectivity index (χ3v) is 3.10. The highest BCUT2D eigenvalue weighted by atomic mass is 127. The van der Waals surface area contributed by atoms with Gasteiger partial charge in [-0.3, -0.25) is 14.8 Å². The number of nitrogens with zero attached hydrogens (tertiary/aromatic N) is 5. The maximum absolute atomic E-state index is 10.8. The SMILES string of the molecule is CCNC(=NCc1cccc([N+](=O)[O-])c1)NCc1ncnn1C.I. The molecule has 1 aromatic heterocycles. The van der Waals surface area contributed by atoms with Crippen molar-refractivity contribution in [2.45, 2.75) is 20.0 Å². The lowest BCUT2D eigenvalue weighted by Crippen LogP contribution is -2.37. The van der Waals surface area contributed by atoms with Gasteiger partial charge >= 0.3 is 0 Å². The molecule has 0 amide bonds. The first-order valence-corrected chi connectivity index (χ1v) is 7.18. The highest BCUT2D eigenvalue weighted by molar-refractivity contribution is 14.0. The first-order valence-electron chi connectivity index (χ1n) is 7.18. The van der Waals surface area contributed by atoms with Crippen molar-refractivity contribution in [3.05, 3.63) is 52.1 Å². The van der Waals surface area contributed by atoms with Crippen LogP contribution in [0.2, 0.25) is 0 Å². The number of nitro benzene ring substituents is 1. The van der Waals surface area contributed by atoms with E-state index in [1.54, 1.807) is 10.7 Å². The number of halogens is 1. The predicted octanol–water partition coefficient (Wildman–Crippen LogP) is 1.60. The summed E-state index contributed by atoms with van der Waals surface area (Å²) in [6, 6.07) is 6.45. The van der Waals surface area contributed by atoms with E-state index in [1.165, 1.54) is 18.5 Å². The lowest BCUT2D eigenvalue weighted by Gasteiger charge is -2.10. The molecule has 0 atom stereocenters. The number of non-ortho nitro benzene ring substituents is 1. The molecule has 130 valence electrons. The number of guanidine groups is 1. The smallest absolute Gasteiger partial charge is 0.269 e. The Labute approximate surface area is 156 Å². The van der Waals surface area contributed by atoms with Gasteiger partial charge in [-0.05, 0) is 12.5 Å². The highest BCUT2D eigenvalue weighted by Gasteiger charge is 2.06. The number of nitrogens with one attached hydrogen (secondary N) is 2. The molecule has 0 radical (unpaired) electrons. The maximum atomic E-state index is 10.8. The molecule has 0 saturated heterocycles. The Morgan fingerprint density at radius 3 is 2.83 bits per heavy atom. The van der Waals surface area contributed by atoms with Crippen LogP contribution in [0.25, 0.3) is 0 Å². The van der Waals surface area contributed by atoms with Crippen molar-refractivity contribution in [3.63, 3.8) is 0 Å². The molecule has 10 heteroatoms. The molecule has 0 spiro atoms. The van der Waals surface area contributed by atoms with E-state index in [2.05, 4.69) is 25.7 Å². The van der Waals surface area contributed by atoms with Crippen molar-refractivity contribution >= 4 is 35.6 Å². The van der Waals surface area contributed by atoms with Crippen molar-refractivity contribution in [2.75, 3.05) is 6.54 Å². The zero-order chi connectivity index (χ0) is 16.7. The average molecular weight is 445 g/mol. The molecule has 2 aromatic rings. The molecule has 0 saturated carbocycles. The van der Waals surface area contributed by atoms with Gasteiger partial charge in [0, 0.05) is 25.7 Å². The third-order valence-electron chi connectivity index (χ3n) is 3.10. The van der Waals surface area contributed by atoms with Crippen LogP contribution in [0.5, 0.6) is 0 Å². The summed E-state index contributed by atoms with van der Waals surface area (Å²) in [6.45, 7) is 3.50. The fourth-order valence-corrected chi connectivity index (χ4v) is 1.92. The van der Waals surface area contributed by atoms with Gasteiger partial charge in [-0.25, -0.2) is 9.98 Å². The zero-order valence-electron chi connectivity index (χ0n) is 13.5. The molecule has 0 aliphatic rings. The van der Waals surface area contributed by atoms with Gasteiger partial charge in [0.1, 0.15) is 12.2 Å². The van der Waals surface area contributed by atoms with Crippen molar-refractivity contribution < 1.29 is 4.92 Å². The minimum absolute atomic E-state index is 0. The Morgan fingerprint density at radius 1 is 1.42 bits per heavy atom. The quantitative estimate of drug-likeness (QED) is 0.230. The molecular weight excluding hydrogens is 425 g/mol. The fraction of sp³-hybridized carbons (Fsp3) is 0.357. The van der Waals surface area contributed by atoms with E-state index < -0.39 is 4.92 Å². The van der Waals surface area contributed by atoms with Crippen LogP contribution >= 0.6 is 24.0 Å². The molecule has 0 aliphatic carbocycles. The van der Waals surface area contributed by atoms with Crippen LogP contribution < -0.4 is 10.6 Å². The fourth-order valence-electron chi connectivity index (χ4n) is 1.92. The van der Waals surface area contributed by atoms with Gasteiger partial charge in [-0.15, -0.1) is 24.0 Å². The summed E-state index contributed by atoms with van der Waals surface area (Å²) in [7, 11) is 1.82. The first-order chi connectivity index (χ1) is 11.1. The monoisotopic (exact) mass is 445 g/mol. The number of benzene rings is 1. The summed E-state index contributed by atoms with van der Waals surface area (Å²) in [5.74, 6) is 1.40. The van der Waals surface area contributed by atoms with Crippen LogP contribution in [-0.2, 0) is 20.1 Å². The number of aryl methyl sites for hydroxylation is 1. The first kappa shape index (κ1) is 19.8. The second kappa shape index (κ2) is 9.80. The van der Waals surface area contributed by atoms with Gasteiger partial charge in [0.05, 0.1) is 18.0 Å². The van der Waals surface area contributed by atoms with E-state index >= 15 is 0 Å². The van der Waals surface area contributed by atoms with E-state index in [1.807, 2.05) is 20.0 Å². The van der Waals surface area contributed by atoms with Crippen LogP contribution in [0.3, 0.4) is 0 Å². The molecule has 2 N–H and O–H groups in total. The van der Waals surface area contributed by atoms with Gasteiger partial charge < -0.3 is 10.6 Å². The van der Waals surface area contributed by atoms with Crippen LogP contribution in [0.1, 0.15) is 18.3 Å². The van der Waals surface area contributed by atoms with E-state index in [0.717, 1.165) is 11.4 Å². The number of nitro groups is 1. The van der Waals surface area contributed by atoms with Gasteiger partial charge in [-0.2, -0.15) is 5.10 Å². The average Bonchev–Trinajstić information content (AvgIpc) is 2.95. The predicted molar refractivity (Wildman–Crippen MR) is 101 cm³/mol. The lowest BCUT2D eigenvalue weighted by atomic mass is 10.2. The second-order valence-corrected chi connectivity index (χ2v) is 4.78. The summed E-state index contributed by atoms with van der Waals surface area (Å²) >= 11 is 0. The normalized spacial score (nSPS) is 10.8. The lowest BCUT2D eigenvalue weighted by molar-refractivity contribution is -0.384. The van der Waals surface area contributed by atoms with Crippen molar-refractivity contribution in [2.24, 2.45) is 12.0 Å². The second-order valence-electron chi connectivity index (χ2n) is 4.78. The van der Waals surface area contributed by atoms with Gasteiger partial charge in [0.15, 0.2) is 5.96 Å². The summed E-state index contributed by atoms with van der Waals surface area (Å²) in [4.78, 5) is 18.9. The molecular formula is C14H20IN7O2. The Morgan fingerprint density at radius 2 is 2.21 bits per heavy atom. The number of hydrogen-bond acceptors (Lipinski definition) is 5. The minimum Gasteiger partial charge on any atom is -0.357 e. The van der Waals surface area contributed by atoms with E-state index in [9.17, 15) is 10.1 Å². The minimum atomic E-state index is -0.412. The molecule has 2 rings (SSSR count). The topological polar surface area (TPSA) is 110 Å². The standard InChI is InChI=1S/C14H19N7O2.HI/c1-3-15-14(17-9-13-18-10-19-20(13)2)16-8-11-5-4-6-12(7-11)21(22)23;/h4-7,10H,3,8-9H2,1-2H3,(H2,15,16,17);1H. The molecule has 0 fully saturated rings. The summed E-state index contributed by atoms with van der Waals surface area (Å²) in [5, 5.41) is 21.1. The Bertz CT molecular complexity index is 702. The Hall–Kier alpha value is -2.24. The number of aromatic nitrogens is 3. The summed E-state index contributed by atoms with van der Waals surface area (Å²) in [5.41, 5.74) is 0.838. The van der Waals surface area contributed by atoms with Gasteiger partial charge in [0.25, 0.3) is 5.69 Å². The Balaban J connectivity index is 0.00000288. The molecule has 1 heterocycles. The van der Waals surface area contributed by atoms with Crippen LogP contribution in [0.15, 0.2) is 35.6 Å². The molecule has 24 heavy (non-hydrogen) atoms. The van der Waals surface area contributed by atoms with E-state index in [-0.39, 0.29) is 29.7 Å². The third kappa shape index (κ3) is 5.76. The van der Waals surface area contributed by atoms with Crippen LogP contribution in [-0.4, -0.2) is 32.2 Å². The molecule has 9 nitrogen and oxygen atoms in total. The maximum Gasteiger partial charge on any atom is 0.269 e. The van der Waals surface area contributed by atoms with Crippen molar-refractivity contribution in [1.82, 2.24) is 25.4 Å². The molecule has 0 aliphatic heterocycles. The van der Waals surface area contributed by atoms with Crippen molar-refractivity contribution in [3.8, 4) is 0 Å². The summed E-state index contributed by atoms with van der Waals surface area (Å²) in [6.07, 6.45) is 1.49.